The first-order valence-electron chi connectivity index (χ1n) is 5.21. The van der Waals surface area contributed by atoms with Crippen LogP contribution in [0.1, 0.15) is 13.3 Å². The molecule has 0 aromatic carbocycles. The van der Waals surface area contributed by atoms with E-state index in [1.807, 2.05) is 19.1 Å². The lowest BCUT2D eigenvalue weighted by molar-refractivity contribution is -0.131. The number of methoxy groups -OCH3 is 1. The van der Waals surface area contributed by atoms with Gasteiger partial charge in [0.1, 0.15) is 4.32 Å². The van der Waals surface area contributed by atoms with Crippen molar-refractivity contribution in [3.05, 3.63) is 24.0 Å². The fraction of sp³-hybridized carbons (Fsp3) is 0.500. The van der Waals surface area contributed by atoms with E-state index in [0.717, 1.165) is 0 Å². The Morgan fingerprint density at radius 3 is 2.81 bits per heavy atom. The molecule has 0 spiro atoms. The van der Waals surface area contributed by atoms with Gasteiger partial charge in [-0.2, -0.15) is 0 Å². The lowest BCUT2D eigenvalue weighted by atomic mass is 9.69. The van der Waals surface area contributed by atoms with Gasteiger partial charge in [0.25, 0.3) is 0 Å². The van der Waals surface area contributed by atoms with Crippen LogP contribution in [0, 0.1) is 11.8 Å². The van der Waals surface area contributed by atoms with E-state index in [4.69, 9.17) is 4.74 Å². The molecule has 0 heterocycles. The summed E-state index contributed by atoms with van der Waals surface area (Å²) < 4.78 is 4.17. The SMILES string of the molecule is COC1=CC(=O)[C@]2(Br)[C@H](C)C=CC[C@@H]2C1=O. The Labute approximate surface area is 103 Å². The van der Waals surface area contributed by atoms with Crippen molar-refractivity contribution in [2.75, 3.05) is 7.11 Å². The number of hydrogen-bond acceptors (Lipinski definition) is 3. The molecular formula is C12H13BrO3. The van der Waals surface area contributed by atoms with Gasteiger partial charge in [0.2, 0.25) is 5.78 Å². The highest BCUT2D eigenvalue weighted by molar-refractivity contribution is 9.10. The number of carbonyl (C=O) groups is 2. The third kappa shape index (κ3) is 1.39. The van der Waals surface area contributed by atoms with E-state index in [1.54, 1.807) is 0 Å². The lowest BCUT2D eigenvalue weighted by Gasteiger charge is -2.41. The van der Waals surface area contributed by atoms with Crippen LogP contribution in [0.5, 0.6) is 0 Å². The average Bonchev–Trinajstić information content (AvgIpc) is 2.27. The topological polar surface area (TPSA) is 43.4 Å². The minimum atomic E-state index is -0.777. The summed E-state index contributed by atoms with van der Waals surface area (Å²) in [4.78, 5) is 24.2. The van der Waals surface area contributed by atoms with Gasteiger partial charge in [0.15, 0.2) is 11.5 Å². The molecule has 0 aromatic heterocycles. The second-order valence-electron chi connectivity index (χ2n) is 4.21. The fourth-order valence-corrected chi connectivity index (χ4v) is 3.04. The molecule has 0 radical (unpaired) electrons. The molecule has 0 aromatic rings. The standard InChI is InChI=1S/C12H13BrO3/c1-7-4-3-5-8-11(15)9(16-2)6-10(14)12(7,8)13/h3-4,6-8H,5H2,1-2H3/t7-,8-,12+/m1/s1. The number of ether oxygens (including phenoxy) is 1. The van der Waals surface area contributed by atoms with Crippen LogP contribution in [-0.2, 0) is 14.3 Å². The third-order valence-corrected chi connectivity index (χ3v) is 5.05. The van der Waals surface area contributed by atoms with Crippen molar-refractivity contribution in [1.29, 1.82) is 0 Å². The number of ketones is 2. The fourth-order valence-electron chi connectivity index (χ4n) is 2.37. The quantitative estimate of drug-likeness (QED) is 0.547. The molecule has 16 heavy (non-hydrogen) atoms. The molecule has 0 fully saturated rings. The molecule has 0 N–H and O–H groups in total. The molecular weight excluding hydrogens is 272 g/mol. The van der Waals surface area contributed by atoms with Crippen LogP contribution in [0.2, 0.25) is 0 Å². The average molecular weight is 285 g/mol. The summed E-state index contributed by atoms with van der Waals surface area (Å²) in [5, 5.41) is 0. The van der Waals surface area contributed by atoms with Crippen LogP contribution in [0.4, 0.5) is 0 Å². The number of carbonyl (C=O) groups excluding carboxylic acids is 2. The minimum absolute atomic E-state index is 0.0114. The molecule has 0 bridgehead atoms. The van der Waals surface area contributed by atoms with Crippen molar-refractivity contribution in [3.63, 3.8) is 0 Å². The van der Waals surface area contributed by atoms with Gasteiger partial charge in [-0.15, -0.1) is 0 Å². The predicted molar refractivity (Wildman–Crippen MR) is 63.2 cm³/mol. The highest BCUT2D eigenvalue weighted by atomic mass is 79.9. The highest BCUT2D eigenvalue weighted by Crippen LogP contribution is 2.46. The van der Waals surface area contributed by atoms with E-state index < -0.39 is 4.32 Å². The molecule has 2 aliphatic carbocycles. The van der Waals surface area contributed by atoms with Gasteiger partial charge in [0, 0.05) is 6.08 Å². The summed E-state index contributed by atoms with van der Waals surface area (Å²) in [5.74, 6) is -0.328. The molecule has 0 saturated heterocycles. The molecule has 0 amide bonds. The Kier molecular flexibility index (Phi) is 2.78. The van der Waals surface area contributed by atoms with E-state index in [0.29, 0.717) is 6.42 Å². The summed E-state index contributed by atoms with van der Waals surface area (Å²) in [7, 11) is 1.42. The van der Waals surface area contributed by atoms with Crippen molar-refractivity contribution in [1.82, 2.24) is 0 Å². The number of alkyl halides is 1. The van der Waals surface area contributed by atoms with Gasteiger partial charge >= 0.3 is 0 Å². The Bertz CT molecular complexity index is 410. The Hall–Kier alpha value is -0.900. The molecule has 2 aliphatic rings. The Morgan fingerprint density at radius 2 is 2.19 bits per heavy atom. The molecule has 4 heteroatoms. The van der Waals surface area contributed by atoms with Crippen LogP contribution < -0.4 is 0 Å². The van der Waals surface area contributed by atoms with E-state index >= 15 is 0 Å². The Balaban J connectivity index is 2.51. The molecule has 86 valence electrons. The lowest BCUT2D eigenvalue weighted by Crippen LogP contribution is -2.52. The number of fused-ring (bicyclic) bond motifs is 1. The second kappa shape index (κ2) is 3.84. The normalized spacial score (nSPS) is 38.1. The first-order chi connectivity index (χ1) is 7.51. The predicted octanol–water partition coefficient (Wildman–Crippen LogP) is 2.01. The van der Waals surface area contributed by atoms with Crippen molar-refractivity contribution in [2.24, 2.45) is 11.8 Å². The first kappa shape index (κ1) is 11.6. The molecule has 3 atom stereocenters. The van der Waals surface area contributed by atoms with Crippen molar-refractivity contribution in [3.8, 4) is 0 Å². The second-order valence-corrected chi connectivity index (χ2v) is 5.53. The van der Waals surface area contributed by atoms with Crippen LogP contribution >= 0.6 is 15.9 Å². The maximum absolute atomic E-state index is 12.1. The van der Waals surface area contributed by atoms with E-state index in [2.05, 4.69) is 15.9 Å². The van der Waals surface area contributed by atoms with Crippen molar-refractivity contribution < 1.29 is 14.3 Å². The molecule has 0 aliphatic heterocycles. The van der Waals surface area contributed by atoms with E-state index in [-0.39, 0.29) is 29.2 Å². The zero-order valence-electron chi connectivity index (χ0n) is 9.20. The van der Waals surface area contributed by atoms with Crippen LogP contribution in [0.15, 0.2) is 24.0 Å². The summed E-state index contributed by atoms with van der Waals surface area (Å²) in [6.45, 7) is 1.94. The molecule has 2 rings (SSSR count). The summed E-state index contributed by atoms with van der Waals surface area (Å²) in [6.07, 6.45) is 5.82. The van der Waals surface area contributed by atoms with Crippen molar-refractivity contribution in [2.45, 2.75) is 17.7 Å². The summed E-state index contributed by atoms with van der Waals surface area (Å²) >= 11 is 3.48. The summed E-state index contributed by atoms with van der Waals surface area (Å²) in [6, 6.07) is 0. The van der Waals surface area contributed by atoms with Crippen LogP contribution in [-0.4, -0.2) is 23.0 Å². The molecule has 0 saturated carbocycles. The number of allylic oxidation sites excluding steroid dienone is 4. The maximum atomic E-state index is 12.1. The van der Waals surface area contributed by atoms with Gasteiger partial charge < -0.3 is 4.74 Å². The smallest absolute Gasteiger partial charge is 0.202 e. The van der Waals surface area contributed by atoms with Gasteiger partial charge in [-0.25, -0.2) is 0 Å². The van der Waals surface area contributed by atoms with E-state index in [1.165, 1.54) is 13.2 Å². The zero-order chi connectivity index (χ0) is 11.9. The molecule has 0 unspecified atom stereocenters. The van der Waals surface area contributed by atoms with E-state index in [9.17, 15) is 9.59 Å². The number of halogens is 1. The maximum Gasteiger partial charge on any atom is 0.202 e. The van der Waals surface area contributed by atoms with Gasteiger partial charge in [-0.1, -0.05) is 35.0 Å². The number of hydrogen-bond donors (Lipinski definition) is 0. The van der Waals surface area contributed by atoms with Crippen molar-refractivity contribution >= 4 is 27.5 Å². The number of rotatable bonds is 1. The molecule has 3 nitrogen and oxygen atoms in total. The third-order valence-electron chi connectivity index (χ3n) is 3.39. The van der Waals surface area contributed by atoms with Crippen LogP contribution in [0.25, 0.3) is 0 Å². The largest absolute Gasteiger partial charge is 0.493 e. The zero-order valence-corrected chi connectivity index (χ0v) is 10.8. The van der Waals surface area contributed by atoms with Gasteiger partial charge in [0.05, 0.1) is 13.0 Å². The monoisotopic (exact) mass is 284 g/mol. The minimum Gasteiger partial charge on any atom is -0.493 e. The highest BCUT2D eigenvalue weighted by Gasteiger charge is 2.53. The van der Waals surface area contributed by atoms with Gasteiger partial charge in [-0.05, 0) is 12.3 Å². The Morgan fingerprint density at radius 1 is 1.50 bits per heavy atom. The van der Waals surface area contributed by atoms with Gasteiger partial charge in [-0.3, -0.25) is 9.59 Å². The first-order valence-corrected chi connectivity index (χ1v) is 6.01. The summed E-state index contributed by atoms with van der Waals surface area (Å²) in [5.41, 5.74) is 0. The van der Waals surface area contributed by atoms with Crippen LogP contribution in [0.3, 0.4) is 0 Å². The number of Topliss-reactive ketones (excluding diaryl/α,β-unsaturated/α-hetero) is 1.